The van der Waals surface area contributed by atoms with Crippen molar-refractivity contribution >= 4 is 0 Å². The Bertz CT molecular complexity index is 482. The van der Waals surface area contributed by atoms with Crippen molar-refractivity contribution in [2.75, 3.05) is 13.7 Å². The van der Waals surface area contributed by atoms with Crippen molar-refractivity contribution in [3.05, 3.63) is 29.3 Å². The zero-order valence-electron chi connectivity index (χ0n) is 11.9. The van der Waals surface area contributed by atoms with E-state index in [1.165, 1.54) is 6.42 Å². The molecule has 1 fully saturated rings. The first-order valence-corrected chi connectivity index (χ1v) is 7.18. The van der Waals surface area contributed by atoms with Gasteiger partial charge in [0, 0.05) is 6.54 Å². The molecule has 4 heteroatoms. The molecule has 0 aromatic heterocycles. The van der Waals surface area contributed by atoms with Crippen LogP contribution in [0.15, 0.2) is 18.2 Å². The average molecular weight is 274 g/mol. The van der Waals surface area contributed by atoms with Crippen LogP contribution in [0.3, 0.4) is 0 Å². The van der Waals surface area contributed by atoms with Crippen molar-refractivity contribution in [2.45, 2.75) is 38.3 Å². The molecule has 20 heavy (non-hydrogen) atoms. The third kappa shape index (κ3) is 3.96. The van der Waals surface area contributed by atoms with Gasteiger partial charge in [-0.2, -0.15) is 5.26 Å². The second kappa shape index (κ2) is 7.28. The third-order valence-electron chi connectivity index (χ3n) is 3.90. The number of nitrogens with zero attached hydrogens (tertiary/aromatic N) is 1. The van der Waals surface area contributed by atoms with Crippen molar-refractivity contribution in [3.63, 3.8) is 0 Å². The summed E-state index contributed by atoms with van der Waals surface area (Å²) in [5.74, 6) is 1.18. The summed E-state index contributed by atoms with van der Waals surface area (Å²) in [6, 6.07) is 7.82. The highest BCUT2D eigenvalue weighted by Crippen LogP contribution is 2.23. The highest BCUT2D eigenvalue weighted by Gasteiger charge is 2.19. The van der Waals surface area contributed by atoms with Crippen LogP contribution in [0.4, 0.5) is 0 Å². The number of benzene rings is 1. The minimum Gasteiger partial charge on any atom is -0.495 e. The number of nitrogens with one attached hydrogen (secondary N) is 1. The number of rotatable bonds is 5. The van der Waals surface area contributed by atoms with Crippen LogP contribution in [0.1, 0.15) is 36.8 Å². The van der Waals surface area contributed by atoms with E-state index in [1.54, 1.807) is 7.11 Å². The molecule has 0 heterocycles. The van der Waals surface area contributed by atoms with Crippen LogP contribution in [-0.2, 0) is 6.54 Å². The van der Waals surface area contributed by atoms with Gasteiger partial charge in [0.15, 0.2) is 0 Å². The minimum absolute atomic E-state index is 0.123. The third-order valence-corrected chi connectivity index (χ3v) is 3.90. The Balaban J connectivity index is 1.83. The number of hydrogen-bond donors (Lipinski definition) is 2. The van der Waals surface area contributed by atoms with Gasteiger partial charge in [0.2, 0.25) is 0 Å². The molecule has 0 spiro atoms. The van der Waals surface area contributed by atoms with Crippen LogP contribution in [0.5, 0.6) is 5.75 Å². The predicted octanol–water partition coefficient (Wildman–Crippen LogP) is 2.21. The van der Waals surface area contributed by atoms with Gasteiger partial charge in [-0.05, 0) is 49.4 Å². The molecule has 2 unspecified atom stereocenters. The molecule has 1 aromatic carbocycles. The van der Waals surface area contributed by atoms with Gasteiger partial charge in [0.1, 0.15) is 11.8 Å². The van der Waals surface area contributed by atoms with E-state index in [1.807, 2.05) is 18.2 Å². The Morgan fingerprint density at radius 1 is 1.45 bits per heavy atom. The number of aliphatic hydroxyl groups is 1. The lowest BCUT2D eigenvalue weighted by Gasteiger charge is -2.26. The number of ether oxygens (including phenoxy) is 1. The smallest absolute Gasteiger partial charge is 0.136 e. The van der Waals surface area contributed by atoms with E-state index in [9.17, 15) is 5.11 Å². The quantitative estimate of drug-likeness (QED) is 0.864. The summed E-state index contributed by atoms with van der Waals surface area (Å²) in [5.41, 5.74) is 1.65. The van der Waals surface area contributed by atoms with Crippen molar-refractivity contribution in [1.82, 2.24) is 5.32 Å². The Morgan fingerprint density at radius 3 is 3.00 bits per heavy atom. The molecule has 2 N–H and O–H groups in total. The van der Waals surface area contributed by atoms with Gasteiger partial charge >= 0.3 is 0 Å². The Kier molecular flexibility index (Phi) is 5.40. The molecule has 0 radical (unpaired) electrons. The lowest BCUT2D eigenvalue weighted by molar-refractivity contribution is 0.101. The summed E-state index contributed by atoms with van der Waals surface area (Å²) in [6.45, 7) is 1.66. The average Bonchev–Trinajstić information content (AvgIpc) is 2.47. The molecule has 0 saturated heterocycles. The zero-order valence-corrected chi connectivity index (χ0v) is 11.9. The maximum atomic E-state index is 9.64. The van der Waals surface area contributed by atoms with Crippen LogP contribution in [0.25, 0.3) is 0 Å². The van der Waals surface area contributed by atoms with Gasteiger partial charge in [0.05, 0.1) is 18.8 Å². The molecule has 0 bridgehead atoms. The molecular formula is C16H22N2O2. The molecule has 1 aliphatic rings. The summed E-state index contributed by atoms with van der Waals surface area (Å²) in [5, 5.41) is 22.1. The second-order valence-corrected chi connectivity index (χ2v) is 5.46. The van der Waals surface area contributed by atoms with Crippen LogP contribution in [0, 0.1) is 17.2 Å². The fourth-order valence-electron chi connectivity index (χ4n) is 2.82. The van der Waals surface area contributed by atoms with Gasteiger partial charge in [-0.1, -0.05) is 12.5 Å². The Labute approximate surface area is 120 Å². The van der Waals surface area contributed by atoms with Gasteiger partial charge in [0.25, 0.3) is 0 Å². The monoisotopic (exact) mass is 274 g/mol. The maximum Gasteiger partial charge on any atom is 0.136 e. The molecule has 4 nitrogen and oxygen atoms in total. The largest absolute Gasteiger partial charge is 0.495 e. The van der Waals surface area contributed by atoms with Gasteiger partial charge in [-0.15, -0.1) is 0 Å². The van der Waals surface area contributed by atoms with E-state index in [0.29, 0.717) is 17.2 Å². The first-order chi connectivity index (χ1) is 9.72. The van der Waals surface area contributed by atoms with Gasteiger partial charge in [-0.25, -0.2) is 0 Å². The topological polar surface area (TPSA) is 65.3 Å². The normalized spacial score (nSPS) is 22.2. The number of methoxy groups -OCH3 is 1. The van der Waals surface area contributed by atoms with E-state index in [-0.39, 0.29) is 6.10 Å². The Morgan fingerprint density at radius 2 is 2.30 bits per heavy atom. The van der Waals surface area contributed by atoms with Crippen molar-refractivity contribution < 1.29 is 9.84 Å². The van der Waals surface area contributed by atoms with Crippen LogP contribution < -0.4 is 10.1 Å². The molecule has 1 saturated carbocycles. The molecule has 108 valence electrons. The first kappa shape index (κ1) is 14.8. The summed E-state index contributed by atoms with van der Waals surface area (Å²) in [6.07, 6.45) is 4.03. The maximum absolute atomic E-state index is 9.64. The van der Waals surface area contributed by atoms with E-state index in [4.69, 9.17) is 10.00 Å². The number of hydrogen-bond acceptors (Lipinski definition) is 4. The lowest BCUT2D eigenvalue weighted by Crippen LogP contribution is -2.28. The molecule has 2 atom stereocenters. The van der Waals surface area contributed by atoms with Crippen LogP contribution >= 0.6 is 0 Å². The molecule has 0 amide bonds. The van der Waals surface area contributed by atoms with E-state index in [2.05, 4.69) is 11.4 Å². The molecule has 1 aliphatic carbocycles. The fraction of sp³-hybridized carbons (Fsp3) is 0.562. The van der Waals surface area contributed by atoms with Crippen LogP contribution in [0.2, 0.25) is 0 Å². The van der Waals surface area contributed by atoms with Crippen molar-refractivity contribution in [2.24, 2.45) is 5.92 Å². The second-order valence-electron chi connectivity index (χ2n) is 5.46. The molecule has 2 rings (SSSR count). The fourth-order valence-corrected chi connectivity index (χ4v) is 2.82. The molecular weight excluding hydrogens is 252 g/mol. The van der Waals surface area contributed by atoms with Crippen molar-refractivity contribution in [3.8, 4) is 11.8 Å². The molecule has 1 aromatic rings. The summed E-state index contributed by atoms with van der Waals surface area (Å²) < 4.78 is 5.13. The van der Waals surface area contributed by atoms with Crippen LogP contribution in [-0.4, -0.2) is 24.9 Å². The van der Waals surface area contributed by atoms with Gasteiger partial charge < -0.3 is 15.2 Å². The van der Waals surface area contributed by atoms with Gasteiger partial charge in [-0.3, -0.25) is 0 Å². The molecule has 0 aliphatic heterocycles. The first-order valence-electron chi connectivity index (χ1n) is 7.18. The number of aliphatic hydroxyl groups excluding tert-OH is 1. The summed E-state index contributed by atoms with van der Waals surface area (Å²) >= 11 is 0. The minimum atomic E-state index is -0.123. The van der Waals surface area contributed by atoms with E-state index < -0.39 is 0 Å². The highest BCUT2D eigenvalue weighted by atomic mass is 16.5. The summed E-state index contributed by atoms with van der Waals surface area (Å²) in [4.78, 5) is 0. The van der Waals surface area contributed by atoms with Crippen molar-refractivity contribution in [1.29, 1.82) is 5.26 Å². The standard InChI is InChI=1S/C16H22N2O2/c1-20-16-6-5-13(7-14(16)9-17)11-18-10-12-3-2-4-15(19)8-12/h5-7,12,15,18-19H,2-4,8,10-11H2,1H3. The summed E-state index contributed by atoms with van der Waals surface area (Å²) in [7, 11) is 1.57. The zero-order chi connectivity index (χ0) is 14.4. The van der Waals surface area contributed by atoms with E-state index >= 15 is 0 Å². The number of nitriles is 1. The Hall–Kier alpha value is -1.57. The van der Waals surface area contributed by atoms with E-state index in [0.717, 1.165) is 37.9 Å². The lowest BCUT2D eigenvalue weighted by atomic mass is 9.87. The SMILES string of the molecule is COc1ccc(CNCC2CCCC(O)C2)cc1C#N. The predicted molar refractivity (Wildman–Crippen MR) is 77.4 cm³/mol. The highest BCUT2D eigenvalue weighted by molar-refractivity contribution is 5.45.